The number of thiophene rings is 1. The third-order valence-electron chi connectivity index (χ3n) is 5.13. The van der Waals surface area contributed by atoms with Gasteiger partial charge in [0.05, 0.1) is 6.54 Å². The molecule has 140 valence electrons. The molecule has 1 aliphatic carbocycles. The Kier molecular flexibility index (Phi) is 5.70. The molecule has 0 radical (unpaired) electrons. The molecule has 1 saturated heterocycles. The first kappa shape index (κ1) is 18.7. The molecule has 0 aromatic carbocycles. The molecule has 2 fully saturated rings. The van der Waals surface area contributed by atoms with Crippen LogP contribution in [-0.2, 0) is 10.0 Å². The van der Waals surface area contributed by atoms with E-state index < -0.39 is 10.0 Å². The lowest BCUT2D eigenvalue weighted by Crippen LogP contribution is -2.43. The van der Waals surface area contributed by atoms with E-state index in [1.807, 2.05) is 13.0 Å². The van der Waals surface area contributed by atoms with Gasteiger partial charge in [-0.25, -0.2) is 13.1 Å². The van der Waals surface area contributed by atoms with Gasteiger partial charge in [-0.1, -0.05) is 6.42 Å². The second-order valence-corrected chi connectivity index (χ2v) is 10.3. The van der Waals surface area contributed by atoms with Crippen LogP contribution in [0.25, 0.3) is 0 Å². The van der Waals surface area contributed by atoms with Crippen molar-refractivity contribution in [2.24, 2.45) is 10.4 Å². The third kappa shape index (κ3) is 4.35. The predicted octanol–water partition coefficient (Wildman–Crippen LogP) is 2.18. The number of sulfonamides is 1. The molecule has 1 aliphatic heterocycles. The maximum atomic E-state index is 12.2. The van der Waals surface area contributed by atoms with Crippen molar-refractivity contribution >= 4 is 27.3 Å². The zero-order valence-electron chi connectivity index (χ0n) is 15.0. The summed E-state index contributed by atoms with van der Waals surface area (Å²) in [5.41, 5.74) is 0.523. The van der Waals surface area contributed by atoms with Crippen LogP contribution in [0.15, 0.2) is 21.3 Å². The van der Waals surface area contributed by atoms with Gasteiger partial charge < -0.3 is 10.2 Å². The molecule has 2 heterocycles. The van der Waals surface area contributed by atoms with Crippen LogP contribution in [0.1, 0.15) is 37.5 Å². The average molecular weight is 385 g/mol. The molecule has 3 rings (SSSR count). The van der Waals surface area contributed by atoms with Gasteiger partial charge in [-0.2, -0.15) is 0 Å². The molecule has 0 unspecified atom stereocenters. The zero-order valence-corrected chi connectivity index (χ0v) is 16.7. The summed E-state index contributed by atoms with van der Waals surface area (Å²) >= 11 is 1.29. The van der Waals surface area contributed by atoms with Crippen molar-refractivity contribution in [1.82, 2.24) is 14.9 Å². The summed E-state index contributed by atoms with van der Waals surface area (Å²) in [6, 6.07) is 3.47. The van der Waals surface area contributed by atoms with Gasteiger partial charge in [0.15, 0.2) is 5.96 Å². The first-order valence-electron chi connectivity index (χ1n) is 9.03. The molecule has 0 atom stereocenters. The minimum atomic E-state index is -3.42. The average Bonchev–Trinajstić information content (AvgIpc) is 3.17. The molecule has 6 nitrogen and oxygen atoms in total. The van der Waals surface area contributed by atoms with E-state index in [1.165, 1.54) is 37.0 Å². The van der Waals surface area contributed by atoms with Gasteiger partial charge in [-0.3, -0.25) is 4.99 Å². The Morgan fingerprint density at radius 2 is 2.16 bits per heavy atom. The zero-order chi connectivity index (χ0) is 17.9. The number of hydrogen-bond donors (Lipinski definition) is 2. The first-order chi connectivity index (χ1) is 11.9. The van der Waals surface area contributed by atoms with E-state index in [9.17, 15) is 8.42 Å². The fraction of sp³-hybridized carbons (Fsp3) is 0.706. The topological polar surface area (TPSA) is 73.8 Å². The number of nitrogens with one attached hydrogen (secondary N) is 2. The fourth-order valence-corrected chi connectivity index (χ4v) is 5.95. The highest BCUT2D eigenvalue weighted by atomic mass is 32.2. The van der Waals surface area contributed by atoms with E-state index >= 15 is 0 Å². The standard InChI is InChI=1S/C17H28N4O2S2/c1-3-18-16(21-12-9-17(13-21)7-4-8-17)19-10-11-20-25(22,23)15-6-5-14(2)24-15/h5-6,20H,3-4,7-13H2,1-2H3,(H,18,19). The number of aliphatic imine (C=N–C) groups is 1. The molecule has 1 aromatic rings. The fourth-order valence-electron chi connectivity index (χ4n) is 3.60. The van der Waals surface area contributed by atoms with Crippen molar-refractivity contribution in [2.75, 3.05) is 32.7 Å². The molecule has 1 saturated carbocycles. The predicted molar refractivity (Wildman–Crippen MR) is 103 cm³/mol. The van der Waals surface area contributed by atoms with Crippen molar-refractivity contribution in [3.63, 3.8) is 0 Å². The van der Waals surface area contributed by atoms with Gasteiger partial charge >= 0.3 is 0 Å². The maximum absolute atomic E-state index is 12.2. The quantitative estimate of drug-likeness (QED) is 0.448. The number of guanidine groups is 1. The number of aryl methyl sites for hydroxylation is 1. The van der Waals surface area contributed by atoms with Crippen molar-refractivity contribution in [3.05, 3.63) is 17.0 Å². The van der Waals surface area contributed by atoms with Crippen molar-refractivity contribution in [3.8, 4) is 0 Å². The van der Waals surface area contributed by atoms with Gasteiger partial charge in [0.25, 0.3) is 0 Å². The van der Waals surface area contributed by atoms with Gasteiger partial charge in [0.1, 0.15) is 4.21 Å². The molecule has 8 heteroatoms. The van der Waals surface area contributed by atoms with Crippen molar-refractivity contribution in [2.45, 2.75) is 43.7 Å². The summed E-state index contributed by atoms with van der Waals surface area (Å²) in [5, 5.41) is 3.34. The molecular weight excluding hydrogens is 356 g/mol. The van der Waals surface area contributed by atoms with Crippen molar-refractivity contribution in [1.29, 1.82) is 0 Å². The van der Waals surface area contributed by atoms with Gasteiger partial charge in [-0.05, 0) is 50.7 Å². The van der Waals surface area contributed by atoms with Crippen LogP contribution in [0.2, 0.25) is 0 Å². The van der Waals surface area contributed by atoms with E-state index in [0.29, 0.717) is 22.7 Å². The lowest BCUT2D eigenvalue weighted by molar-refractivity contribution is 0.151. The number of hydrogen-bond acceptors (Lipinski definition) is 4. The number of nitrogens with zero attached hydrogens (tertiary/aromatic N) is 2. The molecule has 1 aromatic heterocycles. The molecule has 2 N–H and O–H groups in total. The Morgan fingerprint density at radius 3 is 2.72 bits per heavy atom. The summed E-state index contributed by atoms with van der Waals surface area (Å²) in [6.45, 7) is 7.67. The molecule has 25 heavy (non-hydrogen) atoms. The molecule has 1 spiro atoms. The van der Waals surface area contributed by atoms with E-state index in [-0.39, 0.29) is 0 Å². The summed E-state index contributed by atoms with van der Waals surface area (Å²) in [6.07, 6.45) is 5.28. The van der Waals surface area contributed by atoms with E-state index in [2.05, 4.69) is 26.9 Å². The minimum Gasteiger partial charge on any atom is -0.357 e. The lowest BCUT2D eigenvalue weighted by atomic mass is 9.68. The Hall–Kier alpha value is -1.12. The smallest absolute Gasteiger partial charge is 0.250 e. The third-order valence-corrected chi connectivity index (χ3v) is 8.09. The van der Waals surface area contributed by atoms with Crippen LogP contribution in [0.4, 0.5) is 0 Å². The van der Waals surface area contributed by atoms with E-state index in [4.69, 9.17) is 0 Å². The highest BCUT2D eigenvalue weighted by Crippen LogP contribution is 2.47. The molecular formula is C17H28N4O2S2. The highest BCUT2D eigenvalue weighted by molar-refractivity contribution is 7.91. The van der Waals surface area contributed by atoms with Gasteiger partial charge in [0, 0.05) is 31.1 Å². The van der Waals surface area contributed by atoms with Crippen LogP contribution in [-0.4, -0.2) is 52.0 Å². The largest absolute Gasteiger partial charge is 0.357 e. The second kappa shape index (κ2) is 7.63. The summed E-state index contributed by atoms with van der Waals surface area (Å²) in [4.78, 5) is 7.95. The molecule has 2 aliphatic rings. The van der Waals surface area contributed by atoms with Gasteiger partial charge in [0.2, 0.25) is 10.0 Å². The summed E-state index contributed by atoms with van der Waals surface area (Å²) < 4.78 is 27.5. The normalized spacial score (nSPS) is 20.1. The van der Waals surface area contributed by atoms with Crippen LogP contribution in [0.3, 0.4) is 0 Å². The first-order valence-corrected chi connectivity index (χ1v) is 11.3. The Bertz CT molecular complexity index is 723. The van der Waals surface area contributed by atoms with E-state index in [1.54, 1.807) is 6.07 Å². The molecule has 0 bridgehead atoms. The van der Waals surface area contributed by atoms with Crippen LogP contribution in [0.5, 0.6) is 0 Å². The van der Waals surface area contributed by atoms with Gasteiger partial charge in [-0.15, -0.1) is 11.3 Å². The van der Waals surface area contributed by atoms with Crippen molar-refractivity contribution < 1.29 is 8.42 Å². The Morgan fingerprint density at radius 1 is 1.36 bits per heavy atom. The molecule has 0 amide bonds. The lowest BCUT2D eigenvalue weighted by Gasteiger charge is -2.38. The number of rotatable bonds is 6. The van der Waals surface area contributed by atoms with Crippen LogP contribution >= 0.6 is 11.3 Å². The van der Waals surface area contributed by atoms with Crippen LogP contribution < -0.4 is 10.0 Å². The summed E-state index contributed by atoms with van der Waals surface area (Å²) in [7, 11) is -3.42. The SMILES string of the molecule is CCNC(=NCCNS(=O)(=O)c1ccc(C)s1)N1CCC2(CCC2)C1. The number of likely N-dealkylation sites (tertiary alicyclic amines) is 1. The minimum absolute atomic E-state index is 0.313. The monoisotopic (exact) mass is 384 g/mol. The maximum Gasteiger partial charge on any atom is 0.250 e. The van der Waals surface area contributed by atoms with E-state index in [0.717, 1.165) is 30.5 Å². The summed E-state index contributed by atoms with van der Waals surface area (Å²) in [5.74, 6) is 0.914. The highest BCUT2D eigenvalue weighted by Gasteiger charge is 2.43. The second-order valence-electron chi connectivity index (χ2n) is 7.02. The Balaban J connectivity index is 1.53. The van der Waals surface area contributed by atoms with Crippen LogP contribution in [0, 0.1) is 12.3 Å². The Labute approximate surface area is 154 Å².